The summed E-state index contributed by atoms with van der Waals surface area (Å²) in [7, 11) is 0. The Balaban J connectivity index is 1.90. The van der Waals surface area contributed by atoms with Crippen LogP contribution in [0.5, 0.6) is 0 Å². The normalized spacial score (nSPS) is 33.4. The molecule has 0 aliphatic carbocycles. The maximum atomic E-state index is 3.79. The quantitative estimate of drug-likeness (QED) is 0.792. The molecule has 1 N–H and O–H groups in total. The SMILES string of the molecule is CCC(C)CC(CC)N1CCC2CCC(C1)N2. The van der Waals surface area contributed by atoms with E-state index >= 15 is 0 Å². The highest BCUT2D eigenvalue weighted by Crippen LogP contribution is 2.25. The molecule has 0 radical (unpaired) electrons. The number of rotatable bonds is 5. The number of fused-ring (bicyclic) bond motifs is 2. The van der Waals surface area contributed by atoms with Crippen molar-refractivity contribution in [3.63, 3.8) is 0 Å². The van der Waals surface area contributed by atoms with E-state index in [0.29, 0.717) is 0 Å². The van der Waals surface area contributed by atoms with E-state index in [1.165, 1.54) is 51.6 Å². The molecule has 17 heavy (non-hydrogen) atoms. The number of likely N-dealkylation sites (tertiary alicyclic amines) is 1. The third kappa shape index (κ3) is 3.45. The Bertz CT molecular complexity index is 229. The Morgan fingerprint density at radius 3 is 2.59 bits per heavy atom. The van der Waals surface area contributed by atoms with Gasteiger partial charge >= 0.3 is 0 Å². The largest absolute Gasteiger partial charge is 0.310 e. The van der Waals surface area contributed by atoms with Gasteiger partial charge in [-0.25, -0.2) is 0 Å². The Kier molecular flexibility index (Phi) is 4.87. The molecule has 2 heteroatoms. The van der Waals surface area contributed by atoms with Crippen LogP contribution in [0, 0.1) is 5.92 Å². The average molecular weight is 238 g/mol. The highest BCUT2D eigenvalue weighted by Gasteiger charge is 2.31. The van der Waals surface area contributed by atoms with E-state index in [1.54, 1.807) is 0 Å². The Morgan fingerprint density at radius 2 is 1.88 bits per heavy atom. The zero-order chi connectivity index (χ0) is 12.3. The standard InChI is InChI=1S/C15H30N2/c1-4-12(3)10-15(5-2)17-9-8-13-6-7-14(11-17)16-13/h12-16H,4-11H2,1-3H3. The van der Waals surface area contributed by atoms with Crippen LogP contribution in [0.3, 0.4) is 0 Å². The van der Waals surface area contributed by atoms with Gasteiger partial charge in [-0.05, 0) is 44.6 Å². The second kappa shape index (κ2) is 6.19. The molecule has 100 valence electrons. The van der Waals surface area contributed by atoms with Crippen molar-refractivity contribution in [3.05, 3.63) is 0 Å². The number of nitrogens with zero attached hydrogens (tertiary/aromatic N) is 1. The first-order valence-electron chi connectivity index (χ1n) is 7.73. The van der Waals surface area contributed by atoms with Crippen molar-refractivity contribution >= 4 is 0 Å². The van der Waals surface area contributed by atoms with Crippen LogP contribution in [-0.4, -0.2) is 36.1 Å². The van der Waals surface area contributed by atoms with Crippen LogP contribution in [0.1, 0.15) is 59.3 Å². The maximum absolute atomic E-state index is 3.79. The monoisotopic (exact) mass is 238 g/mol. The molecule has 0 saturated carbocycles. The van der Waals surface area contributed by atoms with Gasteiger partial charge in [-0.2, -0.15) is 0 Å². The van der Waals surface area contributed by atoms with E-state index in [4.69, 9.17) is 0 Å². The maximum Gasteiger partial charge on any atom is 0.0198 e. The summed E-state index contributed by atoms with van der Waals surface area (Å²) in [5.74, 6) is 0.883. The molecular formula is C15H30N2. The van der Waals surface area contributed by atoms with Crippen molar-refractivity contribution in [2.24, 2.45) is 5.92 Å². The van der Waals surface area contributed by atoms with Crippen LogP contribution in [-0.2, 0) is 0 Å². The number of hydrogen-bond donors (Lipinski definition) is 1. The first-order valence-corrected chi connectivity index (χ1v) is 7.73. The van der Waals surface area contributed by atoms with Gasteiger partial charge in [0.15, 0.2) is 0 Å². The van der Waals surface area contributed by atoms with E-state index in [2.05, 4.69) is 31.0 Å². The van der Waals surface area contributed by atoms with Gasteiger partial charge in [0.1, 0.15) is 0 Å². The summed E-state index contributed by atoms with van der Waals surface area (Å²) in [6.07, 6.45) is 8.23. The van der Waals surface area contributed by atoms with Crippen LogP contribution >= 0.6 is 0 Å². The lowest BCUT2D eigenvalue weighted by molar-refractivity contribution is 0.157. The molecule has 0 aromatic heterocycles. The first-order chi connectivity index (χ1) is 8.22. The minimum absolute atomic E-state index is 0.786. The summed E-state index contributed by atoms with van der Waals surface area (Å²) < 4.78 is 0. The van der Waals surface area contributed by atoms with Crippen molar-refractivity contribution in [2.45, 2.75) is 77.4 Å². The highest BCUT2D eigenvalue weighted by molar-refractivity contribution is 4.91. The minimum Gasteiger partial charge on any atom is -0.310 e. The second-order valence-electron chi connectivity index (χ2n) is 6.23. The second-order valence-corrected chi connectivity index (χ2v) is 6.23. The first kappa shape index (κ1) is 13.4. The molecule has 0 spiro atoms. The molecular weight excluding hydrogens is 208 g/mol. The third-order valence-electron chi connectivity index (χ3n) is 4.91. The fourth-order valence-electron chi connectivity index (χ4n) is 3.51. The lowest BCUT2D eigenvalue weighted by Crippen LogP contribution is -2.42. The van der Waals surface area contributed by atoms with E-state index in [1.807, 2.05) is 0 Å². The Morgan fingerprint density at radius 1 is 1.12 bits per heavy atom. The summed E-state index contributed by atoms with van der Waals surface area (Å²) in [6.45, 7) is 9.71. The molecule has 0 aromatic carbocycles. The molecule has 2 heterocycles. The van der Waals surface area contributed by atoms with E-state index in [0.717, 1.165) is 24.0 Å². The lowest BCUT2D eigenvalue weighted by Gasteiger charge is -2.33. The van der Waals surface area contributed by atoms with Gasteiger partial charge < -0.3 is 5.32 Å². The average Bonchev–Trinajstić information content (AvgIpc) is 2.66. The molecule has 2 nitrogen and oxygen atoms in total. The summed E-state index contributed by atoms with van der Waals surface area (Å²) in [4.78, 5) is 2.78. The van der Waals surface area contributed by atoms with E-state index in [9.17, 15) is 0 Å². The lowest BCUT2D eigenvalue weighted by atomic mass is 9.95. The molecule has 2 saturated heterocycles. The number of nitrogens with one attached hydrogen (secondary N) is 1. The fourth-order valence-corrected chi connectivity index (χ4v) is 3.51. The van der Waals surface area contributed by atoms with Crippen molar-refractivity contribution in [2.75, 3.05) is 13.1 Å². The van der Waals surface area contributed by atoms with Crippen LogP contribution in [0.25, 0.3) is 0 Å². The zero-order valence-electron chi connectivity index (χ0n) is 11.9. The molecule has 0 aromatic rings. The van der Waals surface area contributed by atoms with Gasteiger partial charge in [0.05, 0.1) is 0 Å². The summed E-state index contributed by atoms with van der Waals surface area (Å²) >= 11 is 0. The van der Waals surface area contributed by atoms with E-state index in [-0.39, 0.29) is 0 Å². The number of hydrogen-bond acceptors (Lipinski definition) is 2. The smallest absolute Gasteiger partial charge is 0.0198 e. The van der Waals surface area contributed by atoms with Crippen LogP contribution in [0.4, 0.5) is 0 Å². The predicted octanol–water partition coefficient (Wildman–Crippen LogP) is 3.03. The molecule has 2 bridgehead atoms. The molecule has 2 fully saturated rings. The van der Waals surface area contributed by atoms with Gasteiger partial charge in [0.25, 0.3) is 0 Å². The van der Waals surface area contributed by atoms with Gasteiger partial charge in [0.2, 0.25) is 0 Å². The molecule has 4 atom stereocenters. The summed E-state index contributed by atoms with van der Waals surface area (Å²) in [5.41, 5.74) is 0. The molecule has 4 unspecified atom stereocenters. The summed E-state index contributed by atoms with van der Waals surface area (Å²) in [6, 6.07) is 2.44. The van der Waals surface area contributed by atoms with Crippen molar-refractivity contribution in [1.29, 1.82) is 0 Å². The highest BCUT2D eigenvalue weighted by atomic mass is 15.2. The van der Waals surface area contributed by atoms with Crippen molar-refractivity contribution in [3.8, 4) is 0 Å². The molecule has 2 rings (SSSR count). The van der Waals surface area contributed by atoms with Gasteiger partial charge in [-0.1, -0.05) is 27.2 Å². The van der Waals surface area contributed by atoms with Crippen molar-refractivity contribution < 1.29 is 0 Å². The van der Waals surface area contributed by atoms with E-state index < -0.39 is 0 Å². The topological polar surface area (TPSA) is 15.3 Å². The molecule has 0 amide bonds. The Labute approximate surface area is 107 Å². The predicted molar refractivity (Wildman–Crippen MR) is 74.3 cm³/mol. The molecule has 2 aliphatic heterocycles. The van der Waals surface area contributed by atoms with Gasteiger partial charge in [0, 0.05) is 24.7 Å². The molecule has 2 aliphatic rings. The van der Waals surface area contributed by atoms with Crippen molar-refractivity contribution in [1.82, 2.24) is 10.2 Å². The summed E-state index contributed by atoms with van der Waals surface area (Å²) in [5, 5.41) is 3.79. The van der Waals surface area contributed by atoms with Crippen LogP contribution in [0.15, 0.2) is 0 Å². The van der Waals surface area contributed by atoms with Gasteiger partial charge in [-0.3, -0.25) is 4.90 Å². The van der Waals surface area contributed by atoms with Crippen LogP contribution < -0.4 is 5.32 Å². The zero-order valence-corrected chi connectivity index (χ0v) is 11.9. The third-order valence-corrected chi connectivity index (χ3v) is 4.91. The van der Waals surface area contributed by atoms with Gasteiger partial charge in [-0.15, -0.1) is 0 Å². The minimum atomic E-state index is 0.786. The fraction of sp³-hybridized carbons (Fsp3) is 1.00. The van der Waals surface area contributed by atoms with Crippen LogP contribution in [0.2, 0.25) is 0 Å². The Hall–Kier alpha value is -0.0800.